The standard InChI is InChI=1S/C50H60N2/c1-5-7-9-11-13-15-17-39-21-29-43(30-22-39)51-45-33-27-41-25-19-37(3)49(47(41)35-45)50-38(4)20-26-42-28-34-46(36-48(42)50)52-44-31-23-40(24-32-44)18-16-14-12-10-8-6-2/h19-36,51-52H,5-18H2,1-4H3. The molecule has 0 aromatic heterocycles. The minimum atomic E-state index is 1.11. The Morgan fingerprint density at radius 3 is 1.12 bits per heavy atom. The third-order valence-electron chi connectivity index (χ3n) is 10.8. The summed E-state index contributed by atoms with van der Waals surface area (Å²) >= 11 is 0. The summed E-state index contributed by atoms with van der Waals surface area (Å²) in [5.41, 5.74) is 12.6. The molecule has 2 N–H and O–H groups in total. The summed E-state index contributed by atoms with van der Waals surface area (Å²) in [6.07, 6.45) is 18.4. The molecular weight excluding hydrogens is 629 g/mol. The first-order valence-corrected chi connectivity index (χ1v) is 20.3. The molecule has 6 aromatic carbocycles. The summed E-state index contributed by atoms with van der Waals surface area (Å²) in [4.78, 5) is 0. The quantitative estimate of drug-likeness (QED) is 0.0828. The summed E-state index contributed by atoms with van der Waals surface area (Å²) in [5, 5.41) is 12.5. The maximum Gasteiger partial charge on any atom is 0.0390 e. The van der Waals surface area contributed by atoms with Crippen LogP contribution in [0.3, 0.4) is 0 Å². The van der Waals surface area contributed by atoms with Gasteiger partial charge in [-0.15, -0.1) is 0 Å². The number of unbranched alkanes of at least 4 members (excludes halogenated alkanes) is 10. The summed E-state index contributed by atoms with van der Waals surface area (Å²) in [7, 11) is 0. The first kappa shape index (κ1) is 37.2. The van der Waals surface area contributed by atoms with Gasteiger partial charge in [0.25, 0.3) is 0 Å². The van der Waals surface area contributed by atoms with E-state index >= 15 is 0 Å². The molecule has 0 saturated carbocycles. The van der Waals surface area contributed by atoms with Crippen molar-refractivity contribution in [1.82, 2.24) is 0 Å². The van der Waals surface area contributed by atoms with Gasteiger partial charge in [0.1, 0.15) is 0 Å². The molecular formula is C50H60N2. The molecule has 2 nitrogen and oxygen atoms in total. The van der Waals surface area contributed by atoms with Crippen molar-refractivity contribution < 1.29 is 0 Å². The molecule has 6 aromatic rings. The second-order valence-electron chi connectivity index (χ2n) is 15.1. The lowest BCUT2D eigenvalue weighted by Gasteiger charge is -2.18. The van der Waals surface area contributed by atoms with Crippen molar-refractivity contribution >= 4 is 44.3 Å². The van der Waals surface area contributed by atoms with E-state index in [-0.39, 0.29) is 0 Å². The summed E-state index contributed by atoms with van der Waals surface area (Å²) in [5.74, 6) is 0. The van der Waals surface area contributed by atoms with E-state index in [1.807, 2.05) is 0 Å². The monoisotopic (exact) mass is 688 g/mol. The Hall–Kier alpha value is -4.56. The summed E-state index contributed by atoms with van der Waals surface area (Å²) in [6, 6.07) is 40.8. The van der Waals surface area contributed by atoms with E-state index in [1.54, 1.807) is 0 Å². The lowest BCUT2D eigenvalue weighted by Crippen LogP contribution is -1.95. The molecule has 0 fully saturated rings. The molecule has 0 radical (unpaired) electrons. The van der Waals surface area contributed by atoms with Crippen LogP contribution in [0.4, 0.5) is 22.7 Å². The van der Waals surface area contributed by atoms with E-state index in [1.165, 1.54) is 132 Å². The number of nitrogens with one attached hydrogen (secondary N) is 2. The van der Waals surface area contributed by atoms with Gasteiger partial charge in [-0.3, -0.25) is 0 Å². The molecule has 0 spiro atoms. The average molecular weight is 689 g/mol. The van der Waals surface area contributed by atoms with Crippen molar-refractivity contribution in [3.63, 3.8) is 0 Å². The first-order valence-electron chi connectivity index (χ1n) is 20.3. The van der Waals surface area contributed by atoms with E-state index < -0.39 is 0 Å². The van der Waals surface area contributed by atoms with E-state index in [2.05, 4.69) is 148 Å². The van der Waals surface area contributed by atoms with Crippen molar-refractivity contribution in [2.45, 2.75) is 118 Å². The van der Waals surface area contributed by atoms with E-state index in [0.29, 0.717) is 0 Å². The van der Waals surface area contributed by atoms with Crippen molar-refractivity contribution in [3.05, 3.63) is 131 Å². The van der Waals surface area contributed by atoms with Crippen molar-refractivity contribution in [2.75, 3.05) is 10.6 Å². The number of hydrogen-bond donors (Lipinski definition) is 2. The van der Waals surface area contributed by atoms with Crippen LogP contribution in [0, 0.1) is 13.8 Å². The van der Waals surface area contributed by atoms with E-state index in [0.717, 1.165) is 35.6 Å². The molecule has 0 heterocycles. The minimum absolute atomic E-state index is 1.11. The Balaban J connectivity index is 1.21. The molecule has 0 amide bonds. The smallest absolute Gasteiger partial charge is 0.0390 e. The second kappa shape index (κ2) is 18.8. The fraction of sp³-hybridized carbons (Fsp3) is 0.360. The number of hydrogen-bond acceptors (Lipinski definition) is 2. The molecule has 0 saturated heterocycles. The van der Waals surface area contributed by atoms with Gasteiger partial charge < -0.3 is 10.6 Å². The maximum atomic E-state index is 3.72. The number of rotatable bonds is 19. The fourth-order valence-corrected chi connectivity index (χ4v) is 7.74. The van der Waals surface area contributed by atoms with Gasteiger partial charge in [-0.05, 0) is 143 Å². The van der Waals surface area contributed by atoms with Gasteiger partial charge in [0.2, 0.25) is 0 Å². The molecule has 0 aliphatic carbocycles. The van der Waals surface area contributed by atoms with Crippen LogP contribution >= 0.6 is 0 Å². The Kier molecular flexibility index (Phi) is 13.4. The van der Waals surface area contributed by atoms with Crippen molar-refractivity contribution in [1.29, 1.82) is 0 Å². The minimum Gasteiger partial charge on any atom is -0.356 e. The first-order chi connectivity index (χ1) is 25.5. The van der Waals surface area contributed by atoms with Crippen LogP contribution in [0.5, 0.6) is 0 Å². The van der Waals surface area contributed by atoms with Crippen LogP contribution in [0.2, 0.25) is 0 Å². The predicted octanol–water partition coefficient (Wildman–Crippen LogP) is 15.6. The number of aryl methyl sites for hydroxylation is 4. The third kappa shape index (κ3) is 9.85. The van der Waals surface area contributed by atoms with Gasteiger partial charge in [0.15, 0.2) is 0 Å². The lowest BCUT2D eigenvalue weighted by molar-refractivity contribution is 0.607. The highest BCUT2D eigenvalue weighted by Crippen LogP contribution is 2.41. The molecule has 0 unspecified atom stereocenters. The van der Waals surface area contributed by atoms with E-state index in [4.69, 9.17) is 0 Å². The molecule has 2 heteroatoms. The van der Waals surface area contributed by atoms with Crippen LogP contribution < -0.4 is 10.6 Å². The van der Waals surface area contributed by atoms with Crippen LogP contribution in [-0.4, -0.2) is 0 Å². The molecule has 0 bridgehead atoms. The van der Waals surface area contributed by atoms with Crippen LogP contribution in [0.1, 0.15) is 113 Å². The Morgan fingerprint density at radius 2 is 0.712 bits per heavy atom. The van der Waals surface area contributed by atoms with Gasteiger partial charge >= 0.3 is 0 Å². The Labute approximate surface area is 314 Å². The van der Waals surface area contributed by atoms with Gasteiger partial charge in [0, 0.05) is 22.7 Å². The molecule has 52 heavy (non-hydrogen) atoms. The van der Waals surface area contributed by atoms with Crippen LogP contribution in [0.15, 0.2) is 109 Å². The molecule has 270 valence electrons. The Morgan fingerprint density at radius 1 is 0.365 bits per heavy atom. The highest BCUT2D eigenvalue weighted by atomic mass is 14.9. The predicted molar refractivity (Wildman–Crippen MR) is 230 cm³/mol. The normalized spacial score (nSPS) is 11.4. The molecule has 0 atom stereocenters. The number of benzene rings is 6. The van der Waals surface area contributed by atoms with E-state index in [9.17, 15) is 0 Å². The topological polar surface area (TPSA) is 24.1 Å². The average Bonchev–Trinajstić information content (AvgIpc) is 3.16. The van der Waals surface area contributed by atoms with Gasteiger partial charge in [-0.1, -0.05) is 139 Å². The van der Waals surface area contributed by atoms with Gasteiger partial charge in [-0.25, -0.2) is 0 Å². The van der Waals surface area contributed by atoms with Crippen LogP contribution in [-0.2, 0) is 12.8 Å². The zero-order chi connectivity index (χ0) is 36.1. The highest BCUT2D eigenvalue weighted by Gasteiger charge is 2.15. The summed E-state index contributed by atoms with van der Waals surface area (Å²) < 4.78 is 0. The van der Waals surface area contributed by atoms with Crippen molar-refractivity contribution in [3.8, 4) is 11.1 Å². The number of anilines is 4. The lowest BCUT2D eigenvalue weighted by atomic mass is 9.87. The number of fused-ring (bicyclic) bond motifs is 2. The summed E-state index contributed by atoms with van der Waals surface area (Å²) in [6.45, 7) is 9.07. The third-order valence-corrected chi connectivity index (χ3v) is 10.8. The molecule has 0 aliphatic heterocycles. The van der Waals surface area contributed by atoms with Crippen molar-refractivity contribution in [2.24, 2.45) is 0 Å². The zero-order valence-electron chi connectivity index (χ0n) is 32.3. The zero-order valence-corrected chi connectivity index (χ0v) is 32.3. The van der Waals surface area contributed by atoms with Gasteiger partial charge in [-0.2, -0.15) is 0 Å². The second-order valence-corrected chi connectivity index (χ2v) is 15.1. The molecule has 0 aliphatic rings. The highest BCUT2D eigenvalue weighted by molar-refractivity contribution is 6.09. The molecule has 6 rings (SSSR count). The van der Waals surface area contributed by atoms with Crippen LogP contribution in [0.25, 0.3) is 32.7 Å². The van der Waals surface area contributed by atoms with Gasteiger partial charge in [0.05, 0.1) is 0 Å². The fourth-order valence-electron chi connectivity index (χ4n) is 7.74. The Bertz CT molecular complexity index is 1870. The SMILES string of the molecule is CCCCCCCCc1ccc(Nc2ccc3ccc(C)c(-c4c(C)ccc5ccc(Nc6ccc(CCCCCCCC)cc6)cc45)c3c2)cc1. The largest absolute Gasteiger partial charge is 0.356 e. The maximum absolute atomic E-state index is 3.72.